The zero-order valence-electron chi connectivity index (χ0n) is 15.0. The molecule has 0 saturated heterocycles. The number of carbonyl (C=O) groups excluding carboxylic acids is 3. The van der Waals surface area contributed by atoms with Gasteiger partial charge in [-0.3, -0.25) is 14.4 Å². The van der Waals surface area contributed by atoms with E-state index in [1.807, 2.05) is 18.2 Å². The van der Waals surface area contributed by atoms with Crippen LogP contribution in [0.1, 0.15) is 43.0 Å². The summed E-state index contributed by atoms with van der Waals surface area (Å²) < 4.78 is 4.64. The van der Waals surface area contributed by atoms with Gasteiger partial charge in [-0.25, -0.2) is 0 Å². The molecule has 0 bridgehead atoms. The van der Waals surface area contributed by atoms with Crippen molar-refractivity contribution in [3.8, 4) is 0 Å². The molecular weight excluding hydrogens is 352 g/mol. The third-order valence-electron chi connectivity index (χ3n) is 3.99. The number of esters is 1. The topological polar surface area (TPSA) is 84.5 Å². The summed E-state index contributed by atoms with van der Waals surface area (Å²) in [4.78, 5) is 36.2. The van der Waals surface area contributed by atoms with Crippen LogP contribution in [0.2, 0.25) is 0 Å². The molecule has 0 saturated carbocycles. The number of carbonyl (C=O) groups is 3. The third kappa shape index (κ3) is 5.91. The highest BCUT2D eigenvalue weighted by Crippen LogP contribution is 2.34. The van der Waals surface area contributed by atoms with Crippen LogP contribution in [0.4, 0.5) is 0 Å². The number of unbranched alkanes of at least 4 members (excludes halogenated alkanes) is 1. The minimum atomic E-state index is -0.229. The van der Waals surface area contributed by atoms with Gasteiger partial charge < -0.3 is 15.4 Å². The molecule has 1 aliphatic rings. The van der Waals surface area contributed by atoms with Crippen molar-refractivity contribution in [2.75, 3.05) is 12.9 Å². The van der Waals surface area contributed by atoms with E-state index in [2.05, 4.69) is 15.4 Å². The number of allylic oxidation sites excluding steroid dienone is 1. The average molecular weight is 376 g/mol. The van der Waals surface area contributed by atoms with Gasteiger partial charge in [-0.15, -0.1) is 11.8 Å². The van der Waals surface area contributed by atoms with Gasteiger partial charge in [-0.05, 0) is 31.4 Å². The molecule has 1 heterocycles. The monoisotopic (exact) mass is 376 g/mol. The van der Waals surface area contributed by atoms with Crippen molar-refractivity contribution in [1.82, 2.24) is 10.6 Å². The Labute approximate surface area is 157 Å². The molecule has 2 rings (SSSR count). The average Bonchev–Trinajstić information content (AvgIpc) is 3.00. The molecule has 1 aromatic carbocycles. The van der Waals surface area contributed by atoms with Crippen LogP contribution < -0.4 is 10.6 Å². The van der Waals surface area contributed by atoms with Crippen LogP contribution >= 0.6 is 11.8 Å². The van der Waals surface area contributed by atoms with Gasteiger partial charge in [-0.2, -0.15) is 0 Å². The fourth-order valence-corrected chi connectivity index (χ4v) is 3.95. The molecule has 6 nitrogen and oxygen atoms in total. The quantitative estimate of drug-likeness (QED) is 0.538. The molecule has 0 spiro atoms. The smallest absolute Gasteiger partial charge is 0.305 e. The molecule has 140 valence electrons. The Morgan fingerprint density at radius 2 is 1.92 bits per heavy atom. The second-order valence-electron chi connectivity index (χ2n) is 6.00. The molecule has 2 amide bonds. The van der Waals surface area contributed by atoms with Gasteiger partial charge >= 0.3 is 5.97 Å². The Balaban J connectivity index is 1.99. The van der Waals surface area contributed by atoms with Crippen LogP contribution in [0.15, 0.2) is 40.9 Å². The van der Waals surface area contributed by atoms with Crippen LogP contribution in [0.25, 0.3) is 0 Å². The zero-order valence-corrected chi connectivity index (χ0v) is 15.9. The fraction of sp³-hybridized carbons (Fsp3) is 0.421. The largest absolute Gasteiger partial charge is 0.469 e. The number of hydrogen-bond donors (Lipinski definition) is 2. The molecule has 0 aliphatic carbocycles. The summed E-state index contributed by atoms with van der Waals surface area (Å²) in [6.07, 6.45) is 2.69. The van der Waals surface area contributed by atoms with E-state index in [0.717, 1.165) is 29.9 Å². The lowest BCUT2D eigenvalue weighted by Gasteiger charge is -2.17. The number of benzene rings is 1. The summed E-state index contributed by atoms with van der Waals surface area (Å²) in [5.41, 5.74) is 1.36. The standard InChI is InChI=1S/C19H24N2O4S/c1-13(22)20-18-15(21-19(24)14-8-4-3-5-9-14)12-26-16(18)10-6-7-11-17(23)25-2/h3-5,8-9,15H,6-7,10-12H2,1-2H3,(H,20,22)(H,21,24). The van der Waals surface area contributed by atoms with E-state index < -0.39 is 0 Å². The molecule has 1 atom stereocenters. The van der Waals surface area contributed by atoms with E-state index in [4.69, 9.17) is 0 Å². The Morgan fingerprint density at radius 3 is 2.58 bits per heavy atom. The summed E-state index contributed by atoms with van der Waals surface area (Å²) >= 11 is 1.64. The highest BCUT2D eigenvalue weighted by atomic mass is 32.2. The normalized spacial score (nSPS) is 16.3. The lowest BCUT2D eigenvalue weighted by atomic mass is 10.1. The first-order valence-corrected chi connectivity index (χ1v) is 9.56. The first-order chi connectivity index (χ1) is 12.5. The van der Waals surface area contributed by atoms with Crippen LogP contribution in [0, 0.1) is 0 Å². The van der Waals surface area contributed by atoms with E-state index in [9.17, 15) is 14.4 Å². The lowest BCUT2D eigenvalue weighted by Crippen LogP contribution is -2.41. The molecule has 2 N–H and O–H groups in total. The van der Waals surface area contributed by atoms with E-state index >= 15 is 0 Å². The highest BCUT2D eigenvalue weighted by molar-refractivity contribution is 8.03. The Kier molecular flexibility index (Phi) is 7.72. The van der Waals surface area contributed by atoms with Gasteiger partial charge in [0.2, 0.25) is 5.91 Å². The van der Waals surface area contributed by atoms with Crippen LogP contribution in [0.5, 0.6) is 0 Å². The van der Waals surface area contributed by atoms with E-state index in [-0.39, 0.29) is 23.8 Å². The number of methoxy groups -OCH3 is 1. The summed E-state index contributed by atoms with van der Waals surface area (Å²) in [6.45, 7) is 1.46. The lowest BCUT2D eigenvalue weighted by molar-refractivity contribution is -0.140. The van der Waals surface area contributed by atoms with E-state index in [1.165, 1.54) is 14.0 Å². The SMILES string of the molecule is COC(=O)CCCCC1=C(NC(C)=O)C(NC(=O)c2ccccc2)CS1. The summed E-state index contributed by atoms with van der Waals surface area (Å²) in [6, 6.07) is 8.77. The molecule has 7 heteroatoms. The van der Waals surface area contributed by atoms with E-state index in [1.54, 1.807) is 23.9 Å². The first-order valence-electron chi connectivity index (χ1n) is 8.57. The minimum absolute atomic E-state index is 0.159. The maximum Gasteiger partial charge on any atom is 0.305 e. The van der Waals surface area contributed by atoms with Crippen molar-refractivity contribution in [3.05, 3.63) is 46.5 Å². The van der Waals surface area contributed by atoms with Gasteiger partial charge in [0.15, 0.2) is 0 Å². The molecule has 1 unspecified atom stereocenters. The summed E-state index contributed by atoms with van der Waals surface area (Å²) in [5.74, 6) is 0.146. The Hall–Kier alpha value is -2.28. The van der Waals surface area contributed by atoms with Crippen molar-refractivity contribution >= 4 is 29.5 Å². The number of nitrogens with one attached hydrogen (secondary N) is 2. The first kappa shape index (κ1) is 20.0. The van der Waals surface area contributed by atoms with Crippen molar-refractivity contribution in [1.29, 1.82) is 0 Å². The molecule has 1 aromatic rings. The van der Waals surface area contributed by atoms with Gasteiger partial charge in [0.25, 0.3) is 5.91 Å². The number of thioether (sulfide) groups is 1. The number of rotatable bonds is 8. The Bertz CT molecular complexity index is 688. The third-order valence-corrected chi connectivity index (χ3v) is 5.26. The fourth-order valence-electron chi connectivity index (χ4n) is 2.69. The van der Waals surface area contributed by atoms with Crippen LogP contribution in [-0.2, 0) is 14.3 Å². The van der Waals surface area contributed by atoms with Crippen molar-refractivity contribution in [2.45, 2.75) is 38.6 Å². The second-order valence-corrected chi connectivity index (χ2v) is 7.12. The van der Waals surface area contributed by atoms with Gasteiger partial charge in [0, 0.05) is 29.6 Å². The number of amides is 2. The van der Waals surface area contributed by atoms with Crippen LogP contribution in [-0.4, -0.2) is 36.7 Å². The predicted octanol–water partition coefficient (Wildman–Crippen LogP) is 2.61. The predicted molar refractivity (Wildman–Crippen MR) is 101 cm³/mol. The van der Waals surface area contributed by atoms with Crippen LogP contribution in [0.3, 0.4) is 0 Å². The van der Waals surface area contributed by atoms with Gasteiger partial charge in [0.1, 0.15) is 0 Å². The van der Waals surface area contributed by atoms with Gasteiger partial charge in [-0.1, -0.05) is 18.2 Å². The van der Waals surface area contributed by atoms with E-state index in [0.29, 0.717) is 17.7 Å². The Morgan fingerprint density at radius 1 is 1.19 bits per heavy atom. The maximum absolute atomic E-state index is 12.4. The molecule has 0 aromatic heterocycles. The molecular formula is C19H24N2O4S. The molecule has 0 radical (unpaired) electrons. The highest BCUT2D eigenvalue weighted by Gasteiger charge is 2.28. The molecule has 1 aliphatic heterocycles. The number of ether oxygens (including phenoxy) is 1. The van der Waals surface area contributed by atoms with Crippen molar-refractivity contribution < 1.29 is 19.1 Å². The minimum Gasteiger partial charge on any atom is -0.469 e. The maximum atomic E-state index is 12.4. The number of hydrogen-bond acceptors (Lipinski definition) is 5. The molecule has 0 fully saturated rings. The van der Waals surface area contributed by atoms with Gasteiger partial charge in [0.05, 0.1) is 18.8 Å². The zero-order chi connectivity index (χ0) is 18.9. The molecule has 26 heavy (non-hydrogen) atoms. The van der Waals surface area contributed by atoms with Crippen molar-refractivity contribution in [2.24, 2.45) is 0 Å². The van der Waals surface area contributed by atoms with Crippen molar-refractivity contribution in [3.63, 3.8) is 0 Å². The summed E-state index contributed by atoms with van der Waals surface area (Å²) in [7, 11) is 1.38. The second kappa shape index (κ2) is 10.0. The summed E-state index contributed by atoms with van der Waals surface area (Å²) in [5, 5.41) is 5.86.